The van der Waals surface area contributed by atoms with E-state index in [4.69, 9.17) is 0 Å². The van der Waals surface area contributed by atoms with Gasteiger partial charge in [-0.25, -0.2) is 5.43 Å². The lowest BCUT2D eigenvalue weighted by atomic mass is 10.3. The fourth-order valence-electron chi connectivity index (χ4n) is 0.503. The zero-order valence-corrected chi connectivity index (χ0v) is 6.95. The molecule has 0 atom stereocenters. The minimum atomic E-state index is 1.28. The second-order valence-electron chi connectivity index (χ2n) is 2.37. The molecule has 0 heterocycles. The van der Waals surface area contributed by atoms with Gasteiger partial charge in [0.25, 0.3) is 0 Å². The predicted octanol–water partition coefficient (Wildman–Crippen LogP) is 1.37. The third kappa shape index (κ3) is 2.51. The van der Waals surface area contributed by atoms with Crippen molar-refractivity contribution in [1.82, 2.24) is 10.4 Å². The molecule has 0 saturated heterocycles. The van der Waals surface area contributed by atoms with Gasteiger partial charge in [-0.1, -0.05) is 5.57 Å². The lowest BCUT2D eigenvalue weighted by Gasteiger charge is -2.19. The van der Waals surface area contributed by atoms with E-state index in [2.05, 4.69) is 26.2 Å². The van der Waals surface area contributed by atoms with Crippen LogP contribution in [0.4, 0.5) is 0 Å². The summed E-state index contributed by atoms with van der Waals surface area (Å²) in [5.41, 5.74) is 5.64. The largest absolute Gasteiger partial charge is 0.316 e. The maximum absolute atomic E-state index is 3.02. The number of rotatable bonds is 2. The van der Waals surface area contributed by atoms with E-state index >= 15 is 0 Å². The van der Waals surface area contributed by atoms with Crippen LogP contribution in [0.2, 0.25) is 0 Å². The van der Waals surface area contributed by atoms with E-state index in [0.29, 0.717) is 0 Å². The van der Waals surface area contributed by atoms with E-state index < -0.39 is 0 Å². The first-order valence-corrected chi connectivity index (χ1v) is 3.14. The Bertz CT molecular complexity index is 112. The van der Waals surface area contributed by atoms with E-state index in [0.717, 1.165) is 0 Å². The molecule has 9 heavy (non-hydrogen) atoms. The fourth-order valence-corrected chi connectivity index (χ4v) is 0.503. The zero-order valence-electron chi connectivity index (χ0n) is 6.95. The summed E-state index contributed by atoms with van der Waals surface area (Å²) in [4.78, 5) is 0. The van der Waals surface area contributed by atoms with Gasteiger partial charge in [0.2, 0.25) is 0 Å². The molecule has 0 aromatic rings. The van der Waals surface area contributed by atoms with Crippen LogP contribution in [0.1, 0.15) is 20.8 Å². The van der Waals surface area contributed by atoms with Crippen molar-refractivity contribution in [2.24, 2.45) is 0 Å². The lowest BCUT2D eigenvalue weighted by Crippen LogP contribution is -2.29. The molecule has 0 aliphatic carbocycles. The molecule has 0 unspecified atom stereocenters. The van der Waals surface area contributed by atoms with Crippen LogP contribution < -0.4 is 5.43 Å². The Morgan fingerprint density at radius 2 is 1.67 bits per heavy atom. The summed E-state index contributed by atoms with van der Waals surface area (Å²) in [5, 5.41) is 2.00. The van der Waals surface area contributed by atoms with Gasteiger partial charge in [0.05, 0.1) is 0 Å². The van der Waals surface area contributed by atoms with Gasteiger partial charge in [0.1, 0.15) is 0 Å². The van der Waals surface area contributed by atoms with Gasteiger partial charge >= 0.3 is 0 Å². The average molecular weight is 128 g/mol. The van der Waals surface area contributed by atoms with Crippen LogP contribution in [0, 0.1) is 0 Å². The molecule has 0 fully saturated rings. The molecule has 1 N–H and O–H groups in total. The van der Waals surface area contributed by atoms with Gasteiger partial charge in [-0.05, 0) is 20.8 Å². The first-order chi connectivity index (χ1) is 4.09. The first kappa shape index (κ1) is 8.50. The minimum Gasteiger partial charge on any atom is -0.316 e. The van der Waals surface area contributed by atoms with Crippen LogP contribution >= 0.6 is 0 Å². The molecule has 0 radical (unpaired) electrons. The Kier molecular flexibility index (Phi) is 3.32. The Morgan fingerprint density at radius 1 is 1.22 bits per heavy atom. The van der Waals surface area contributed by atoms with Gasteiger partial charge in [-0.15, -0.1) is 0 Å². The zero-order chi connectivity index (χ0) is 7.44. The minimum absolute atomic E-state index is 1.28. The lowest BCUT2D eigenvalue weighted by molar-refractivity contribution is 0.330. The van der Waals surface area contributed by atoms with E-state index in [-0.39, 0.29) is 0 Å². The van der Waals surface area contributed by atoms with E-state index in [1.807, 2.05) is 19.1 Å². The summed E-state index contributed by atoms with van der Waals surface area (Å²) in [6.07, 6.45) is 0. The van der Waals surface area contributed by atoms with Gasteiger partial charge in [-0.3, -0.25) is 0 Å². The summed E-state index contributed by atoms with van der Waals surface area (Å²) in [6, 6.07) is 0. The molecular weight excluding hydrogens is 112 g/mol. The second-order valence-corrected chi connectivity index (χ2v) is 2.37. The third-order valence-electron chi connectivity index (χ3n) is 1.56. The van der Waals surface area contributed by atoms with Crippen molar-refractivity contribution in [3.05, 3.63) is 11.3 Å². The highest BCUT2D eigenvalue weighted by atomic mass is 15.5. The number of hydrogen-bond acceptors (Lipinski definition) is 2. The number of hydrazine groups is 1. The maximum atomic E-state index is 3.02. The molecule has 0 aliphatic heterocycles. The number of nitrogens with zero attached hydrogens (tertiary/aromatic N) is 1. The van der Waals surface area contributed by atoms with Crippen LogP contribution in [0.5, 0.6) is 0 Å². The molecule has 0 rings (SSSR count). The Balaban J connectivity index is 4.02. The Morgan fingerprint density at radius 3 is 1.78 bits per heavy atom. The molecule has 0 aromatic carbocycles. The van der Waals surface area contributed by atoms with Crippen LogP contribution in [0.25, 0.3) is 0 Å². The highest BCUT2D eigenvalue weighted by Crippen LogP contribution is 2.02. The molecule has 54 valence electrons. The highest BCUT2D eigenvalue weighted by molar-refractivity contribution is 5.03. The monoisotopic (exact) mass is 128 g/mol. The van der Waals surface area contributed by atoms with Gasteiger partial charge in [-0.2, -0.15) is 0 Å². The number of allylic oxidation sites excluding steroid dienone is 2. The van der Waals surface area contributed by atoms with Crippen molar-refractivity contribution in [3.63, 3.8) is 0 Å². The molecule has 0 amide bonds. The molecule has 2 nitrogen and oxygen atoms in total. The molecule has 2 heteroatoms. The second kappa shape index (κ2) is 3.51. The Labute approximate surface area is 57.5 Å². The normalized spacial score (nSPS) is 9.00. The summed E-state index contributed by atoms with van der Waals surface area (Å²) in [6.45, 7) is 6.29. The molecular formula is C7H16N2. The van der Waals surface area contributed by atoms with Gasteiger partial charge < -0.3 is 5.01 Å². The summed E-state index contributed by atoms with van der Waals surface area (Å²) >= 11 is 0. The summed E-state index contributed by atoms with van der Waals surface area (Å²) in [5.74, 6) is 0. The molecule has 0 bridgehead atoms. The van der Waals surface area contributed by atoms with Gasteiger partial charge in [0.15, 0.2) is 0 Å². The van der Waals surface area contributed by atoms with Crippen molar-refractivity contribution in [1.29, 1.82) is 0 Å². The Hall–Kier alpha value is -0.500. The van der Waals surface area contributed by atoms with Crippen LogP contribution in [0.3, 0.4) is 0 Å². The van der Waals surface area contributed by atoms with Crippen molar-refractivity contribution in [2.75, 3.05) is 14.1 Å². The van der Waals surface area contributed by atoms with Crippen LogP contribution in [-0.2, 0) is 0 Å². The number of nitrogens with one attached hydrogen (secondary N) is 1. The number of hydrogen-bond donors (Lipinski definition) is 1. The average Bonchev–Trinajstić information content (AvgIpc) is 1.84. The quantitative estimate of drug-likeness (QED) is 0.565. The molecule has 0 aliphatic rings. The predicted molar refractivity (Wildman–Crippen MR) is 40.9 cm³/mol. The fraction of sp³-hybridized carbons (Fsp3) is 0.714. The van der Waals surface area contributed by atoms with Crippen LogP contribution in [-0.4, -0.2) is 19.1 Å². The summed E-state index contributed by atoms with van der Waals surface area (Å²) in [7, 11) is 3.91. The summed E-state index contributed by atoms with van der Waals surface area (Å²) < 4.78 is 0. The van der Waals surface area contributed by atoms with E-state index in [9.17, 15) is 0 Å². The standard InChI is InChI=1S/C7H16N2/c1-6(2)7(3)9(5)8-4/h8H,1-5H3. The smallest absolute Gasteiger partial charge is 0.0245 e. The van der Waals surface area contributed by atoms with E-state index in [1.54, 1.807) is 0 Å². The third-order valence-corrected chi connectivity index (χ3v) is 1.56. The van der Waals surface area contributed by atoms with Crippen molar-refractivity contribution < 1.29 is 0 Å². The SMILES string of the molecule is CNN(C)C(C)=C(C)C. The van der Waals surface area contributed by atoms with Crippen molar-refractivity contribution in [2.45, 2.75) is 20.8 Å². The molecule has 0 saturated carbocycles. The first-order valence-electron chi connectivity index (χ1n) is 3.14. The van der Waals surface area contributed by atoms with Crippen molar-refractivity contribution in [3.8, 4) is 0 Å². The van der Waals surface area contributed by atoms with E-state index in [1.165, 1.54) is 11.3 Å². The van der Waals surface area contributed by atoms with Gasteiger partial charge in [0, 0.05) is 19.8 Å². The molecule has 0 aromatic heterocycles. The topological polar surface area (TPSA) is 15.3 Å². The molecule has 0 spiro atoms. The van der Waals surface area contributed by atoms with Crippen molar-refractivity contribution >= 4 is 0 Å². The van der Waals surface area contributed by atoms with Crippen LogP contribution in [0.15, 0.2) is 11.3 Å². The highest BCUT2D eigenvalue weighted by Gasteiger charge is 1.94. The maximum Gasteiger partial charge on any atom is 0.0245 e.